The van der Waals surface area contributed by atoms with Crippen LogP contribution in [0.15, 0.2) is 24.3 Å². The van der Waals surface area contributed by atoms with Crippen molar-refractivity contribution in [3.8, 4) is 5.75 Å². The van der Waals surface area contributed by atoms with Crippen LogP contribution in [-0.2, 0) is 0 Å². The maximum absolute atomic E-state index is 5.60. The molecule has 0 radical (unpaired) electrons. The summed E-state index contributed by atoms with van der Waals surface area (Å²) in [7, 11) is 0. The molecule has 0 fully saturated rings. The molecule has 1 aromatic carbocycles. The molecule has 0 saturated heterocycles. The number of hydrogen-bond acceptors (Lipinski definition) is 3. The van der Waals surface area contributed by atoms with Crippen LogP contribution >= 0.6 is 12.2 Å². The second-order valence-corrected chi connectivity index (χ2v) is 2.82. The molecule has 0 bridgehead atoms. The van der Waals surface area contributed by atoms with E-state index in [0.29, 0.717) is 16.4 Å². The van der Waals surface area contributed by atoms with E-state index in [4.69, 9.17) is 16.2 Å². The Hall–Kier alpha value is -1.29. The molecular weight excluding hydrogens is 172 g/mol. The van der Waals surface area contributed by atoms with Gasteiger partial charge in [-0.2, -0.15) is 0 Å². The van der Waals surface area contributed by atoms with Gasteiger partial charge >= 0.3 is 0 Å². The minimum atomic E-state index is 0.226. The fourth-order valence-electron chi connectivity index (χ4n) is 0.761. The number of hydrogen-bond donors (Lipinski definition) is 2. The van der Waals surface area contributed by atoms with Gasteiger partial charge in [0.05, 0.1) is 5.69 Å². The molecule has 0 saturated carbocycles. The van der Waals surface area contributed by atoms with Crippen molar-refractivity contribution in [2.45, 2.75) is 0 Å². The maximum atomic E-state index is 5.60. The van der Waals surface area contributed by atoms with Crippen LogP contribution in [0.25, 0.3) is 0 Å². The van der Waals surface area contributed by atoms with Gasteiger partial charge in [0.1, 0.15) is 17.3 Å². The zero-order valence-electron chi connectivity index (χ0n) is 6.49. The standard InChI is InChI=1S/C8H10N2OS/c9-6-3-1-2-4-7(6)11-5-8(10)12/h1-4H,5,9H2,(H2,10,12). The Morgan fingerprint density at radius 3 is 2.67 bits per heavy atom. The zero-order chi connectivity index (χ0) is 8.97. The lowest BCUT2D eigenvalue weighted by atomic mass is 10.3. The molecule has 64 valence electrons. The monoisotopic (exact) mass is 182 g/mol. The molecule has 4 heteroatoms. The first kappa shape index (κ1) is 8.80. The van der Waals surface area contributed by atoms with Crippen LogP contribution in [0.5, 0.6) is 5.75 Å². The van der Waals surface area contributed by atoms with Gasteiger partial charge in [0.15, 0.2) is 0 Å². The highest BCUT2D eigenvalue weighted by atomic mass is 32.1. The SMILES string of the molecule is NC(=S)COc1ccccc1N. The summed E-state index contributed by atoms with van der Waals surface area (Å²) in [5.41, 5.74) is 11.4. The van der Waals surface area contributed by atoms with Crippen LogP contribution in [0.3, 0.4) is 0 Å². The van der Waals surface area contributed by atoms with Crippen LogP contribution in [0.2, 0.25) is 0 Å². The summed E-state index contributed by atoms with van der Waals surface area (Å²) in [6, 6.07) is 7.21. The van der Waals surface area contributed by atoms with Gasteiger partial charge < -0.3 is 16.2 Å². The Morgan fingerprint density at radius 2 is 2.08 bits per heavy atom. The van der Waals surface area contributed by atoms with Crippen molar-refractivity contribution in [2.24, 2.45) is 5.73 Å². The first-order valence-corrected chi connectivity index (χ1v) is 3.86. The molecule has 0 unspecified atom stereocenters. The Bertz CT molecular complexity index is 288. The summed E-state index contributed by atoms with van der Waals surface area (Å²) >= 11 is 4.65. The molecule has 0 aliphatic carbocycles. The third-order valence-electron chi connectivity index (χ3n) is 1.29. The zero-order valence-corrected chi connectivity index (χ0v) is 7.30. The fraction of sp³-hybridized carbons (Fsp3) is 0.125. The van der Waals surface area contributed by atoms with Gasteiger partial charge in [-0.05, 0) is 12.1 Å². The first-order chi connectivity index (χ1) is 5.70. The molecule has 0 aliphatic heterocycles. The minimum absolute atomic E-state index is 0.226. The van der Waals surface area contributed by atoms with Gasteiger partial charge in [0.2, 0.25) is 0 Å². The third-order valence-corrected chi connectivity index (χ3v) is 1.41. The topological polar surface area (TPSA) is 61.3 Å². The van der Waals surface area contributed by atoms with Gasteiger partial charge in [-0.3, -0.25) is 0 Å². The van der Waals surface area contributed by atoms with Gasteiger partial charge in [-0.15, -0.1) is 0 Å². The molecule has 0 amide bonds. The van der Waals surface area contributed by atoms with Crippen molar-refractivity contribution < 1.29 is 4.74 Å². The maximum Gasteiger partial charge on any atom is 0.142 e. The van der Waals surface area contributed by atoms with E-state index in [9.17, 15) is 0 Å². The fourth-order valence-corrected chi connectivity index (χ4v) is 0.820. The first-order valence-electron chi connectivity index (χ1n) is 3.46. The van der Waals surface area contributed by atoms with Crippen molar-refractivity contribution in [3.05, 3.63) is 24.3 Å². The minimum Gasteiger partial charge on any atom is -0.484 e. The van der Waals surface area contributed by atoms with Crippen LogP contribution in [-0.4, -0.2) is 11.6 Å². The lowest BCUT2D eigenvalue weighted by Crippen LogP contribution is -2.18. The van der Waals surface area contributed by atoms with Gasteiger partial charge in [0, 0.05) is 0 Å². The molecule has 12 heavy (non-hydrogen) atoms. The van der Waals surface area contributed by atoms with Gasteiger partial charge in [-0.25, -0.2) is 0 Å². The molecule has 0 aromatic heterocycles. The number of benzene rings is 1. The number of nitrogens with two attached hydrogens (primary N) is 2. The summed E-state index contributed by atoms with van der Waals surface area (Å²) in [5.74, 6) is 0.616. The van der Waals surface area contributed by atoms with Crippen molar-refractivity contribution in [1.82, 2.24) is 0 Å². The summed E-state index contributed by atoms with van der Waals surface area (Å²) < 4.78 is 5.21. The van der Waals surface area contributed by atoms with Crippen LogP contribution < -0.4 is 16.2 Å². The molecule has 0 atom stereocenters. The average Bonchev–Trinajstić information content (AvgIpc) is 2.03. The third kappa shape index (κ3) is 2.39. The Labute approximate surface area is 76.3 Å². The Kier molecular flexibility index (Phi) is 2.88. The average molecular weight is 182 g/mol. The van der Waals surface area contributed by atoms with Crippen molar-refractivity contribution >= 4 is 22.9 Å². The summed E-state index contributed by atoms with van der Waals surface area (Å²) in [6.45, 7) is 0.226. The molecule has 1 aromatic rings. The van der Waals surface area contributed by atoms with Crippen molar-refractivity contribution in [2.75, 3.05) is 12.3 Å². The lowest BCUT2D eigenvalue weighted by molar-refractivity contribution is 0.379. The van der Waals surface area contributed by atoms with Gasteiger partial charge in [-0.1, -0.05) is 24.4 Å². The normalized spacial score (nSPS) is 9.33. The van der Waals surface area contributed by atoms with E-state index in [-0.39, 0.29) is 6.61 Å². The van der Waals surface area contributed by atoms with Crippen LogP contribution in [0.4, 0.5) is 5.69 Å². The van der Waals surface area contributed by atoms with Crippen molar-refractivity contribution in [1.29, 1.82) is 0 Å². The second-order valence-electron chi connectivity index (χ2n) is 2.29. The Morgan fingerprint density at radius 1 is 1.42 bits per heavy atom. The molecule has 3 nitrogen and oxygen atoms in total. The van der Waals surface area contributed by atoms with E-state index >= 15 is 0 Å². The molecule has 1 rings (SSSR count). The van der Waals surface area contributed by atoms with E-state index in [1.54, 1.807) is 12.1 Å². The van der Waals surface area contributed by atoms with E-state index in [1.807, 2.05) is 12.1 Å². The quantitative estimate of drug-likeness (QED) is 0.539. The van der Waals surface area contributed by atoms with E-state index in [2.05, 4.69) is 12.2 Å². The number of ether oxygens (including phenoxy) is 1. The van der Waals surface area contributed by atoms with E-state index in [1.165, 1.54) is 0 Å². The molecule has 0 aliphatic rings. The van der Waals surface area contributed by atoms with Crippen molar-refractivity contribution in [3.63, 3.8) is 0 Å². The number of anilines is 1. The van der Waals surface area contributed by atoms with E-state index in [0.717, 1.165) is 0 Å². The second kappa shape index (κ2) is 3.92. The summed E-state index contributed by atoms with van der Waals surface area (Å²) in [6.07, 6.45) is 0. The molecule has 4 N–H and O–H groups in total. The van der Waals surface area contributed by atoms with E-state index < -0.39 is 0 Å². The highest BCUT2D eigenvalue weighted by Gasteiger charge is 1.97. The summed E-state index contributed by atoms with van der Waals surface area (Å²) in [4.78, 5) is 0.318. The Balaban J connectivity index is 2.63. The number of rotatable bonds is 3. The van der Waals surface area contributed by atoms with Crippen LogP contribution in [0.1, 0.15) is 0 Å². The highest BCUT2D eigenvalue weighted by Crippen LogP contribution is 2.19. The predicted molar refractivity (Wildman–Crippen MR) is 53.1 cm³/mol. The number of thiocarbonyl (C=S) groups is 1. The molecule has 0 heterocycles. The summed E-state index contributed by atoms with van der Waals surface area (Å²) in [5, 5.41) is 0. The molecule has 0 spiro atoms. The lowest BCUT2D eigenvalue weighted by Gasteiger charge is -2.06. The largest absolute Gasteiger partial charge is 0.484 e. The predicted octanol–water partition coefficient (Wildman–Crippen LogP) is 0.934. The molecular formula is C8H10N2OS. The van der Waals surface area contributed by atoms with Crippen LogP contribution in [0, 0.1) is 0 Å². The number of nitrogen functional groups attached to an aromatic ring is 1. The highest BCUT2D eigenvalue weighted by molar-refractivity contribution is 7.80. The smallest absolute Gasteiger partial charge is 0.142 e. The number of para-hydroxylation sites is 2. The van der Waals surface area contributed by atoms with Gasteiger partial charge in [0.25, 0.3) is 0 Å².